The number of likely N-dealkylation sites (tertiary alicyclic amines) is 1. The predicted molar refractivity (Wildman–Crippen MR) is 112 cm³/mol. The molecule has 1 aliphatic heterocycles. The van der Waals surface area contributed by atoms with Gasteiger partial charge in [0.2, 0.25) is 5.95 Å². The lowest BCUT2D eigenvalue weighted by Gasteiger charge is -2.20. The van der Waals surface area contributed by atoms with E-state index in [9.17, 15) is 9.90 Å². The molecule has 3 N–H and O–H groups in total. The minimum absolute atomic E-state index is 0.00612. The number of aryl methyl sites for hydroxylation is 1. The van der Waals surface area contributed by atoms with Crippen molar-refractivity contribution >= 4 is 5.95 Å². The summed E-state index contributed by atoms with van der Waals surface area (Å²) in [5.74, 6) is 1.40. The smallest absolute Gasteiger partial charge is 0.255 e. The van der Waals surface area contributed by atoms with Crippen molar-refractivity contribution in [2.24, 2.45) is 0 Å². The van der Waals surface area contributed by atoms with Crippen LogP contribution in [-0.4, -0.2) is 45.9 Å². The molecule has 1 aromatic heterocycles. The van der Waals surface area contributed by atoms with E-state index in [1.54, 1.807) is 0 Å². The number of fused-ring (bicyclic) bond motifs is 1. The number of aromatic nitrogens is 2. The molecule has 0 amide bonds. The molecule has 156 valence electrons. The van der Waals surface area contributed by atoms with Crippen LogP contribution < -0.4 is 15.6 Å². The van der Waals surface area contributed by atoms with Gasteiger partial charge in [-0.15, -0.1) is 0 Å². The summed E-state index contributed by atoms with van der Waals surface area (Å²) in [4.78, 5) is 21.7. The second kappa shape index (κ2) is 9.41. The Balaban J connectivity index is 1.22. The maximum absolute atomic E-state index is 12.2. The lowest BCUT2D eigenvalue weighted by Crippen LogP contribution is -2.28. The summed E-state index contributed by atoms with van der Waals surface area (Å²) in [6.07, 6.45) is 6.28. The molecule has 29 heavy (non-hydrogen) atoms. The number of ether oxygens (including phenoxy) is 1. The Hall–Kier alpha value is -2.38. The molecular formula is C22H30N4O3. The van der Waals surface area contributed by atoms with Crippen LogP contribution in [0.5, 0.6) is 5.75 Å². The Morgan fingerprint density at radius 3 is 3.03 bits per heavy atom. The van der Waals surface area contributed by atoms with Crippen LogP contribution in [0, 0.1) is 0 Å². The molecule has 0 radical (unpaired) electrons. The van der Waals surface area contributed by atoms with Crippen LogP contribution in [0.2, 0.25) is 0 Å². The van der Waals surface area contributed by atoms with Crippen LogP contribution in [0.15, 0.2) is 29.1 Å². The highest BCUT2D eigenvalue weighted by molar-refractivity contribution is 5.31. The number of aliphatic hydroxyl groups excluding tert-OH is 1. The SMILES string of the molecule is O=c1[nH]c(NCCCOc2cccc(CN3CCCC3O)c2)nc2c1CCCC2. The quantitative estimate of drug-likeness (QED) is 0.592. The van der Waals surface area contributed by atoms with Crippen molar-refractivity contribution in [3.05, 3.63) is 51.4 Å². The Morgan fingerprint density at radius 2 is 2.17 bits per heavy atom. The third-order valence-corrected chi connectivity index (χ3v) is 5.69. The van der Waals surface area contributed by atoms with Crippen LogP contribution in [0.4, 0.5) is 5.95 Å². The molecule has 7 heteroatoms. The zero-order chi connectivity index (χ0) is 20.1. The van der Waals surface area contributed by atoms with E-state index in [0.717, 1.165) is 80.6 Å². The first-order valence-electron chi connectivity index (χ1n) is 10.7. The Morgan fingerprint density at radius 1 is 1.28 bits per heavy atom. The molecule has 1 unspecified atom stereocenters. The summed E-state index contributed by atoms with van der Waals surface area (Å²) < 4.78 is 5.88. The molecule has 4 rings (SSSR count). The first kappa shape index (κ1) is 19.9. The molecule has 2 aromatic rings. The maximum Gasteiger partial charge on any atom is 0.255 e. The van der Waals surface area contributed by atoms with Crippen molar-refractivity contribution in [1.29, 1.82) is 0 Å². The first-order valence-corrected chi connectivity index (χ1v) is 10.7. The van der Waals surface area contributed by atoms with Crippen LogP contribution in [0.3, 0.4) is 0 Å². The van der Waals surface area contributed by atoms with Gasteiger partial charge in [-0.2, -0.15) is 0 Å². The summed E-state index contributed by atoms with van der Waals surface area (Å²) in [7, 11) is 0. The number of H-pyrrole nitrogens is 1. The van der Waals surface area contributed by atoms with E-state index in [-0.39, 0.29) is 11.8 Å². The lowest BCUT2D eigenvalue weighted by atomic mass is 9.97. The molecule has 1 fully saturated rings. The maximum atomic E-state index is 12.2. The highest BCUT2D eigenvalue weighted by Crippen LogP contribution is 2.21. The van der Waals surface area contributed by atoms with Crippen LogP contribution in [-0.2, 0) is 19.4 Å². The molecule has 0 bridgehead atoms. The fourth-order valence-electron chi connectivity index (χ4n) is 4.12. The minimum Gasteiger partial charge on any atom is -0.494 e. The van der Waals surface area contributed by atoms with E-state index in [4.69, 9.17) is 4.74 Å². The Kier molecular flexibility index (Phi) is 6.46. The zero-order valence-electron chi connectivity index (χ0n) is 16.8. The summed E-state index contributed by atoms with van der Waals surface area (Å²) in [5.41, 5.74) is 2.94. The van der Waals surface area contributed by atoms with E-state index in [2.05, 4.69) is 26.3 Å². The molecule has 1 saturated heterocycles. The molecule has 2 heterocycles. The molecular weight excluding hydrogens is 368 g/mol. The minimum atomic E-state index is -0.325. The van der Waals surface area contributed by atoms with Gasteiger partial charge in [-0.3, -0.25) is 14.7 Å². The molecule has 1 atom stereocenters. The van der Waals surface area contributed by atoms with E-state index >= 15 is 0 Å². The summed E-state index contributed by atoms with van der Waals surface area (Å²) >= 11 is 0. The number of nitrogens with one attached hydrogen (secondary N) is 2. The summed E-state index contributed by atoms with van der Waals surface area (Å²) in [6, 6.07) is 8.06. The average Bonchev–Trinajstić information content (AvgIpc) is 3.12. The van der Waals surface area contributed by atoms with Crippen LogP contribution >= 0.6 is 0 Å². The number of rotatable bonds is 8. The first-order chi connectivity index (χ1) is 14.2. The van der Waals surface area contributed by atoms with Gasteiger partial charge in [0.05, 0.1) is 12.3 Å². The van der Waals surface area contributed by atoms with E-state index < -0.39 is 0 Å². The van der Waals surface area contributed by atoms with Gasteiger partial charge in [0.1, 0.15) is 12.0 Å². The second-order valence-corrected chi connectivity index (χ2v) is 7.92. The Bertz CT molecular complexity index is 883. The predicted octanol–water partition coefficient (Wildman–Crippen LogP) is 2.44. The average molecular weight is 399 g/mol. The number of nitrogens with zero attached hydrogens (tertiary/aromatic N) is 2. The summed E-state index contributed by atoms with van der Waals surface area (Å²) in [6.45, 7) is 2.95. The third-order valence-electron chi connectivity index (χ3n) is 5.69. The molecule has 7 nitrogen and oxygen atoms in total. The van der Waals surface area contributed by atoms with Crippen molar-refractivity contribution in [3.8, 4) is 5.75 Å². The number of aliphatic hydroxyl groups is 1. The van der Waals surface area contributed by atoms with Gasteiger partial charge in [0.25, 0.3) is 5.56 Å². The number of hydrogen-bond acceptors (Lipinski definition) is 6. The van der Waals surface area contributed by atoms with E-state index in [1.807, 2.05) is 18.2 Å². The van der Waals surface area contributed by atoms with E-state index in [0.29, 0.717) is 19.1 Å². The molecule has 1 aliphatic carbocycles. The van der Waals surface area contributed by atoms with Gasteiger partial charge < -0.3 is 15.2 Å². The molecule has 1 aromatic carbocycles. The third kappa shape index (κ3) is 5.16. The van der Waals surface area contributed by atoms with Gasteiger partial charge in [-0.25, -0.2) is 4.98 Å². The molecule has 0 saturated carbocycles. The van der Waals surface area contributed by atoms with Gasteiger partial charge in [0.15, 0.2) is 0 Å². The number of anilines is 1. The van der Waals surface area contributed by atoms with E-state index in [1.165, 1.54) is 0 Å². The van der Waals surface area contributed by atoms with Crippen molar-refractivity contribution in [3.63, 3.8) is 0 Å². The van der Waals surface area contributed by atoms with Crippen LogP contribution in [0.25, 0.3) is 0 Å². The second-order valence-electron chi connectivity index (χ2n) is 7.92. The number of aromatic amines is 1. The van der Waals surface area contributed by atoms with Gasteiger partial charge >= 0.3 is 0 Å². The molecule has 0 spiro atoms. The topological polar surface area (TPSA) is 90.5 Å². The van der Waals surface area contributed by atoms with Gasteiger partial charge in [-0.1, -0.05) is 12.1 Å². The standard InChI is InChI=1S/C22H30N4O3/c27-20-10-4-12-26(20)15-16-6-3-7-17(14-16)29-13-5-11-23-22-24-19-9-2-1-8-18(19)21(28)25-22/h3,6-7,14,20,27H,1-2,4-5,8-13,15H2,(H2,23,24,25,28). The van der Waals surface area contributed by atoms with Crippen molar-refractivity contribution in [2.45, 2.75) is 57.7 Å². The summed E-state index contributed by atoms with van der Waals surface area (Å²) in [5, 5.41) is 13.2. The fraction of sp³-hybridized carbons (Fsp3) is 0.545. The highest BCUT2D eigenvalue weighted by atomic mass is 16.5. The Labute approximate surface area is 171 Å². The number of benzene rings is 1. The fourth-order valence-corrected chi connectivity index (χ4v) is 4.12. The number of hydrogen-bond donors (Lipinski definition) is 3. The van der Waals surface area contributed by atoms with Crippen molar-refractivity contribution < 1.29 is 9.84 Å². The van der Waals surface area contributed by atoms with Gasteiger partial charge in [-0.05, 0) is 62.6 Å². The van der Waals surface area contributed by atoms with Crippen molar-refractivity contribution in [2.75, 3.05) is 25.0 Å². The van der Waals surface area contributed by atoms with Gasteiger partial charge in [0, 0.05) is 25.2 Å². The van der Waals surface area contributed by atoms with Crippen molar-refractivity contribution in [1.82, 2.24) is 14.9 Å². The monoisotopic (exact) mass is 398 g/mol. The normalized spacial score (nSPS) is 19.1. The largest absolute Gasteiger partial charge is 0.494 e. The molecule has 2 aliphatic rings. The van der Waals surface area contributed by atoms with Crippen LogP contribution in [0.1, 0.15) is 48.9 Å². The highest BCUT2D eigenvalue weighted by Gasteiger charge is 2.21. The lowest BCUT2D eigenvalue weighted by molar-refractivity contribution is 0.0328. The zero-order valence-corrected chi connectivity index (χ0v) is 16.8.